The first-order valence-corrected chi connectivity index (χ1v) is 7.65. The van der Waals surface area contributed by atoms with Crippen LogP contribution in [0.1, 0.15) is 27.6 Å². The van der Waals surface area contributed by atoms with Gasteiger partial charge in [0.05, 0.1) is 0 Å². The summed E-state index contributed by atoms with van der Waals surface area (Å²) in [4.78, 5) is 34.9. The highest BCUT2D eigenvalue weighted by atomic mass is 19.1. The standard InChI is InChI=1S/C18H18FN3O3/c1-12(23)22-16-4-2-3-14(11-16)18(25)21-10-9-20-17(24)13-5-7-15(19)8-6-13/h2-8,11H,9-10H2,1H3,(H,20,24)(H,21,25)(H,22,23). The van der Waals surface area contributed by atoms with Crippen LogP contribution >= 0.6 is 0 Å². The second-order valence-electron chi connectivity index (χ2n) is 5.28. The lowest BCUT2D eigenvalue weighted by atomic mass is 10.2. The molecule has 3 N–H and O–H groups in total. The third-order valence-electron chi connectivity index (χ3n) is 3.25. The fourth-order valence-electron chi connectivity index (χ4n) is 2.10. The number of amides is 3. The van der Waals surface area contributed by atoms with Gasteiger partial charge in [-0.1, -0.05) is 6.07 Å². The van der Waals surface area contributed by atoms with Crippen LogP contribution in [0.25, 0.3) is 0 Å². The van der Waals surface area contributed by atoms with Crippen molar-refractivity contribution in [2.24, 2.45) is 0 Å². The van der Waals surface area contributed by atoms with Gasteiger partial charge in [0.25, 0.3) is 11.8 Å². The lowest BCUT2D eigenvalue weighted by Crippen LogP contribution is -2.34. The third-order valence-corrected chi connectivity index (χ3v) is 3.25. The van der Waals surface area contributed by atoms with Gasteiger partial charge in [0.1, 0.15) is 5.82 Å². The molecule has 0 atom stereocenters. The first-order valence-electron chi connectivity index (χ1n) is 7.65. The Bertz CT molecular complexity index is 775. The van der Waals surface area contributed by atoms with E-state index in [4.69, 9.17) is 0 Å². The zero-order chi connectivity index (χ0) is 18.2. The summed E-state index contributed by atoms with van der Waals surface area (Å²) < 4.78 is 12.8. The summed E-state index contributed by atoms with van der Waals surface area (Å²) in [7, 11) is 0. The summed E-state index contributed by atoms with van der Waals surface area (Å²) >= 11 is 0. The minimum absolute atomic E-state index is 0.221. The number of hydrogen-bond donors (Lipinski definition) is 3. The molecule has 0 bridgehead atoms. The Labute approximate surface area is 144 Å². The molecule has 0 spiro atoms. The van der Waals surface area contributed by atoms with Crippen LogP contribution in [-0.4, -0.2) is 30.8 Å². The van der Waals surface area contributed by atoms with Gasteiger partial charge in [-0.25, -0.2) is 4.39 Å². The molecule has 0 unspecified atom stereocenters. The molecule has 3 amide bonds. The molecule has 0 saturated carbocycles. The van der Waals surface area contributed by atoms with Crippen LogP contribution in [0, 0.1) is 5.82 Å². The van der Waals surface area contributed by atoms with Crippen molar-refractivity contribution in [2.75, 3.05) is 18.4 Å². The van der Waals surface area contributed by atoms with Crippen LogP contribution in [0.3, 0.4) is 0 Å². The zero-order valence-corrected chi connectivity index (χ0v) is 13.6. The minimum Gasteiger partial charge on any atom is -0.350 e. The van der Waals surface area contributed by atoms with Crippen LogP contribution < -0.4 is 16.0 Å². The van der Waals surface area contributed by atoms with E-state index in [1.165, 1.54) is 31.2 Å². The maximum atomic E-state index is 12.8. The van der Waals surface area contributed by atoms with Gasteiger partial charge in [0.2, 0.25) is 5.91 Å². The van der Waals surface area contributed by atoms with E-state index in [-0.39, 0.29) is 30.8 Å². The molecule has 0 heterocycles. The van der Waals surface area contributed by atoms with Crippen LogP contribution in [0.2, 0.25) is 0 Å². The molecule has 25 heavy (non-hydrogen) atoms. The van der Waals surface area contributed by atoms with Gasteiger partial charge in [0.15, 0.2) is 0 Å². The fraction of sp³-hybridized carbons (Fsp3) is 0.167. The number of anilines is 1. The van der Waals surface area contributed by atoms with E-state index in [9.17, 15) is 18.8 Å². The molecule has 0 aliphatic rings. The van der Waals surface area contributed by atoms with E-state index in [0.717, 1.165) is 0 Å². The summed E-state index contributed by atoms with van der Waals surface area (Å²) in [5.41, 5.74) is 1.27. The fourth-order valence-corrected chi connectivity index (χ4v) is 2.10. The van der Waals surface area contributed by atoms with Crippen LogP contribution in [0.5, 0.6) is 0 Å². The van der Waals surface area contributed by atoms with Crippen molar-refractivity contribution in [2.45, 2.75) is 6.92 Å². The van der Waals surface area contributed by atoms with Gasteiger partial charge in [-0.15, -0.1) is 0 Å². The summed E-state index contributed by atoms with van der Waals surface area (Å²) in [5.74, 6) is -1.29. The molecule has 6 nitrogen and oxygen atoms in total. The molecule has 0 aliphatic carbocycles. The van der Waals surface area contributed by atoms with Gasteiger partial charge in [-0.3, -0.25) is 14.4 Å². The monoisotopic (exact) mass is 343 g/mol. The summed E-state index contributed by atoms with van der Waals surface area (Å²) in [5, 5.41) is 7.90. The molecule has 7 heteroatoms. The van der Waals surface area contributed by atoms with Crippen LogP contribution in [-0.2, 0) is 4.79 Å². The highest BCUT2D eigenvalue weighted by molar-refractivity contribution is 5.97. The van der Waals surface area contributed by atoms with Crippen molar-refractivity contribution in [3.63, 3.8) is 0 Å². The van der Waals surface area contributed by atoms with Crippen molar-refractivity contribution in [3.05, 3.63) is 65.5 Å². The van der Waals surface area contributed by atoms with E-state index in [1.54, 1.807) is 24.3 Å². The summed E-state index contributed by atoms with van der Waals surface area (Å²) in [6.07, 6.45) is 0. The Balaban J connectivity index is 1.79. The van der Waals surface area contributed by atoms with Crippen LogP contribution in [0.4, 0.5) is 10.1 Å². The van der Waals surface area contributed by atoms with Crippen LogP contribution in [0.15, 0.2) is 48.5 Å². The first kappa shape index (κ1) is 18.1. The molecule has 0 saturated heterocycles. The molecular formula is C18H18FN3O3. The zero-order valence-electron chi connectivity index (χ0n) is 13.6. The first-order chi connectivity index (χ1) is 12.0. The number of halogens is 1. The minimum atomic E-state index is -0.412. The Kier molecular flexibility index (Phi) is 6.22. The van der Waals surface area contributed by atoms with Gasteiger partial charge >= 0.3 is 0 Å². The maximum absolute atomic E-state index is 12.8. The van der Waals surface area contributed by atoms with Crippen molar-refractivity contribution in [1.82, 2.24) is 10.6 Å². The average Bonchev–Trinajstić information content (AvgIpc) is 2.58. The number of carbonyl (C=O) groups excluding carboxylic acids is 3. The van der Waals surface area contributed by atoms with E-state index < -0.39 is 5.82 Å². The topological polar surface area (TPSA) is 87.3 Å². The second-order valence-corrected chi connectivity index (χ2v) is 5.28. The molecule has 2 aromatic rings. The number of nitrogens with one attached hydrogen (secondary N) is 3. The van der Waals surface area contributed by atoms with Crippen molar-refractivity contribution in [1.29, 1.82) is 0 Å². The molecule has 0 aromatic heterocycles. The SMILES string of the molecule is CC(=O)Nc1cccc(C(=O)NCCNC(=O)c2ccc(F)cc2)c1. The highest BCUT2D eigenvalue weighted by Gasteiger charge is 2.08. The Hall–Kier alpha value is -3.22. The van der Waals surface area contributed by atoms with Crippen molar-refractivity contribution in [3.8, 4) is 0 Å². The lowest BCUT2D eigenvalue weighted by Gasteiger charge is -2.08. The van der Waals surface area contributed by atoms with E-state index >= 15 is 0 Å². The summed E-state index contributed by atoms with van der Waals surface area (Å²) in [6, 6.07) is 11.7. The number of carbonyl (C=O) groups is 3. The highest BCUT2D eigenvalue weighted by Crippen LogP contribution is 2.10. The molecule has 0 fully saturated rings. The summed E-state index contributed by atoms with van der Waals surface area (Å²) in [6.45, 7) is 1.85. The molecule has 0 aliphatic heterocycles. The Morgan fingerprint density at radius 1 is 0.880 bits per heavy atom. The quantitative estimate of drug-likeness (QED) is 0.701. The smallest absolute Gasteiger partial charge is 0.251 e. The Morgan fingerprint density at radius 2 is 1.48 bits per heavy atom. The van der Waals surface area contributed by atoms with Gasteiger partial charge in [0, 0.05) is 36.8 Å². The Morgan fingerprint density at radius 3 is 2.08 bits per heavy atom. The van der Waals surface area contributed by atoms with Gasteiger partial charge < -0.3 is 16.0 Å². The number of benzene rings is 2. The van der Waals surface area contributed by atoms with Crippen molar-refractivity contribution < 1.29 is 18.8 Å². The van der Waals surface area contributed by atoms with E-state index in [0.29, 0.717) is 16.8 Å². The molecule has 2 aromatic carbocycles. The third kappa shape index (κ3) is 5.72. The molecule has 0 radical (unpaired) electrons. The number of rotatable bonds is 6. The van der Waals surface area contributed by atoms with Gasteiger partial charge in [-0.2, -0.15) is 0 Å². The predicted octanol–water partition coefficient (Wildman–Crippen LogP) is 1.94. The van der Waals surface area contributed by atoms with E-state index in [2.05, 4.69) is 16.0 Å². The van der Waals surface area contributed by atoms with Gasteiger partial charge in [-0.05, 0) is 42.5 Å². The molecule has 2 rings (SSSR count). The lowest BCUT2D eigenvalue weighted by molar-refractivity contribution is -0.114. The molecule has 130 valence electrons. The largest absolute Gasteiger partial charge is 0.350 e. The van der Waals surface area contributed by atoms with E-state index in [1.807, 2.05) is 0 Å². The second kappa shape index (κ2) is 8.58. The van der Waals surface area contributed by atoms with Crippen molar-refractivity contribution >= 4 is 23.4 Å². The number of hydrogen-bond acceptors (Lipinski definition) is 3. The normalized spacial score (nSPS) is 10.0. The average molecular weight is 343 g/mol. The predicted molar refractivity (Wildman–Crippen MR) is 91.8 cm³/mol. The maximum Gasteiger partial charge on any atom is 0.251 e. The molecular weight excluding hydrogens is 325 g/mol.